The van der Waals surface area contributed by atoms with Crippen LogP contribution < -0.4 is 0 Å². The van der Waals surface area contributed by atoms with Gasteiger partial charge in [-0.05, 0) is 42.3 Å². The molecule has 3 rings (SSSR count). The number of carboxylic acids is 1. The molecule has 9 heteroatoms. The molecule has 2 aliphatic rings. The average Bonchev–Trinajstić information content (AvgIpc) is 2.96. The first kappa shape index (κ1) is 21.1. The van der Waals surface area contributed by atoms with E-state index in [-0.39, 0.29) is 17.4 Å². The van der Waals surface area contributed by atoms with Gasteiger partial charge in [0.15, 0.2) is 0 Å². The zero-order valence-electron chi connectivity index (χ0n) is 15.4. The van der Waals surface area contributed by atoms with E-state index < -0.39 is 23.0 Å². The third-order valence-corrected chi connectivity index (χ3v) is 5.86. The molecule has 0 aromatic heterocycles. The lowest BCUT2D eigenvalue weighted by Gasteiger charge is -2.30. The van der Waals surface area contributed by atoms with Crippen LogP contribution in [0.1, 0.15) is 18.4 Å². The zero-order valence-corrected chi connectivity index (χ0v) is 17.0. The highest BCUT2D eigenvalue weighted by atomic mass is 35.5. The van der Waals surface area contributed by atoms with Crippen molar-refractivity contribution in [3.63, 3.8) is 0 Å². The van der Waals surface area contributed by atoms with Gasteiger partial charge in [0.1, 0.15) is 6.54 Å². The summed E-state index contributed by atoms with van der Waals surface area (Å²) in [5.74, 6) is -2.26. The molecular formula is C20H19ClN2O5S. The van der Waals surface area contributed by atoms with Crippen LogP contribution in [0.5, 0.6) is 0 Å². The Morgan fingerprint density at radius 2 is 1.83 bits per heavy atom. The monoisotopic (exact) mass is 434 g/mol. The maximum absolute atomic E-state index is 12.5. The highest BCUT2D eigenvalue weighted by Crippen LogP contribution is 2.32. The summed E-state index contributed by atoms with van der Waals surface area (Å²) in [4.78, 5) is 50.8. The van der Waals surface area contributed by atoms with Crippen molar-refractivity contribution in [1.82, 2.24) is 9.80 Å². The van der Waals surface area contributed by atoms with E-state index >= 15 is 0 Å². The Morgan fingerprint density at radius 3 is 2.45 bits per heavy atom. The number of hydrogen-bond donors (Lipinski definition) is 1. The van der Waals surface area contributed by atoms with Gasteiger partial charge in [0.2, 0.25) is 5.91 Å². The van der Waals surface area contributed by atoms with Crippen molar-refractivity contribution in [2.45, 2.75) is 12.8 Å². The smallest absolute Gasteiger partial charge is 0.306 e. The highest BCUT2D eigenvalue weighted by Gasteiger charge is 2.38. The van der Waals surface area contributed by atoms with Gasteiger partial charge in [-0.1, -0.05) is 41.9 Å². The molecule has 1 aromatic rings. The number of carbonyl (C=O) groups is 4. The summed E-state index contributed by atoms with van der Waals surface area (Å²) in [7, 11) is 0. The van der Waals surface area contributed by atoms with E-state index in [1.54, 1.807) is 6.08 Å². The van der Waals surface area contributed by atoms with Crippen molar-refractivity contribution in [3.8, 4) is 0 Å². The highest BCUT2D eigenvalue weighted by molar-refractivity contribution is 8.18. The molecular weight excluding hydrogens is 416 g/mol. The second-order valence-corrected chi connectivity index (χ2v) is 8.13. The fraction of sp³-hybridized carbons (Fsp3) is 0.300. The summed E-state index contributed by atoms with van der Waals surface area (Å²) in [5, 5.41) is 8.80. The number of rotatable bonds is 5. The quantitative estimate of drug-likeness (QED) is 0.715. The van der Waals surface area contributed by atoms with Gasteiger partial charge in [-0.15, -0.1) is 0 Å². The van der Waals surface area contributed by atoms with Crippen LogP contribution in [0.2, 0.25) is 0 Å². The summed E-state index contributed by atoms with van der Waals surface area (Å²) in [6, 6.07) is 9.30. The van der Waals surface area contributed by atoms with Crippen LogP contribution in [-0.2, 0) is 14.4 Å². The first-order chi connectivity index (χ1) is 13.8. The Morgan fingerprint density at radius 1 is 1.17 bits per heavy atom. The predicted octanol–water partition coefficient (Wildman–Crippen LogP) is 3.17. The van der Waals surface area contributed by atoms with E-state index in [0.717, 1.165) is 22.2 Å². The van der Waals surface area contributed by atoms with Crippen molar-refractivity contribution in [2.24, 2.45) is 5.92 Å². The molecule has 0 saturated carbocycles. The Hall–Kier alpha value is -2.58. The molecule has 0 aliphatic carbocycles. The predicted molar refractivity (Wildman–Crippen MR) is 110 cm³/mol. The molecule has 0 spiro atoms. The summed E-state index contributed by atoms with van der Waals surface area (Å²) in [6.45, 7) is 0.237. The van der Waals surface area contributed by atoms with Gasteiger partial charge in [-0.3, -0.25) is 24.1 Å². The number of piperidine rings is 1. The van der Waals surface area contributed by atoms with Crippen LogP contribution in [0, 0.1) is 5.92 Å². The number of carbonyl (C=O) groups excluding carboxylic acids is 3. The van der Waals surface area contributed by atoms with Gasteiger partial charge in [0.25, 0.3) is 11.1 Å². The van der Waals surface area contributed by atoms with E-state index in [2.05, 4.69) is 0 Å². The van der Waals surface area contributed by atoms with E-state index in [0.29, 0.717) is 31.0 Å². The number of nitrogens with zero attached hydrogens (tertiary/aromatic N) is 2. The van der Waals surface area contributed by atoms with Crippen molar-refractivity contribution in [3.05, 3.63) is 51.9 Å². The van der Waals surface area contributed by atoms with Crippen LogP contribution in [0.4, 0.5) is 4.79 Å². The fourth-order valence-corrected chi connectivity index (χ4v) is 4.25. The van der Waals surface area contributed by atoms with Crippen LogP contribution in [0.3, 0.4) is 0 Å². The molecule has 1 aromatic carbocycles. The Kier molecular flexibility index (Phi) is 6.76. The van der Waals surface area contributed by atoms with E-state index in [1.807, 2.05) is 30.3 Å². The Balaban J connectivity index is 1.62. The Bertz CT molecular complexity index is 891. The molecule has 152 valence electrons. The molecule has 2 heterocycles. The van der Waals surface area contributed by atoms with E-state index in [4.69, 9.17) is 16.7 Å². The van der Waals surface area contributed by atoms with Gasteiger partial charge < -0.3 is 10.0 Å². The SMILES string of the molecule is O=C(O)C1CCN(C(=O)CN2C(=O)SC(=CC(Cl)=Cc3ccccc3)C2=O)CC1. The first-order valence-electron chi connectivity index (χ1n) is 9.03. The number of carboxylic acid groups (broad SMARTS) is 1. The molecule has 0 radical (unpaired) electrons. The number of benzene rings is 1. The number of thioether (sulfide) groups is 1. The number of likely N-dealkylation sites (tertiary alicyclic amines) is 1. The lowest BCUT2D eigenvalue weighted by atomic mass is 9.97. The van der Waals surface area contributed by atoms with Crippen molar-refractivity contribution in [1.29, 1.82) is 0 Å². The van der Waals surface area contributed by atoms with E-state index in [1.165, 1.54) is 11.0 Å². The standard InChI is InChI=1S/C20H19ClN2O5S/c21-15(10-13-4-2-1-3-5-13)11-16-18(25)23(20(28)29-16)12-17(24)22-8-6-14(7-9-22)19(26)27/h1-5,10-11,14H,6-9,12H2,(H,26,27). The maximum atomic E-state index is 12.5. The average molecular weight is 435 g/mol. The Labute approximate surface area is 177 Å². The summed E-state index contributed by atoms with van der Waals surface area (Å²) >= 11 is 6.93. The van der Waals surface area contributed by atoms with Gasteiger partial charge in [-0.25, -0.2) is 0 Å². The van der Waals surface area contributed by atoms with Gasteiger partial charge >= 0.3 is 5.97 Å². The second-order valence-electron chi connectivity index (χ2n) is 6.70. The van der Waals surface area contributed by atoms with Crippen molar-refractivity contribution >= 4 is 52.5 Å². The molecule has 3 amide bonds. The normalized spacial score (nSPS) is 19.9. The largest absolute Gasteiger partial charge is 0.481 e. The minimum atomic E-state index is -0.867. The molecule has 0 unspecified atom stereocenters. The number of allylic oxidation sites excluding steroid dienone is 2. The number of hydrogen-bond acceptors (Lipinski definition) is 5. The topological polar surface area (TPSA) is 95.0 Å². The lowest BCUT2D eigenvalue weighted by Crippen LogP contribution is -2.46. The van der Waals surface area contributed by atoms with Crippen LogP contribution in [0.25, 0.3) is 6.08 Å². The third kappa shape index (κ3) is 5.27. The van der Waals surface area contributed by atoms with Crippen molar-refractivity contribution in [2.75, 3.05) is 19.6 Å². The minimum Gasteiger partial charge on any atom is -0.481 e. The number of amides is 3. The van der Waals surface area contributed by atoms with Crippen LogP contribution >= 0.6 is 23.4 Å². The van der Waals surface area contributed by atoms with Gasteiger partial charge in [-0.2, -0.15) is 0 Å². The molecule has 1 N–H and O–H groups in total. The molecule has 7 nitrogen and oxygen atoms in total. The molecule has 0 bridgehead atoms. The second kappa shape index (κ2) is 9.28. The fourth-order valence-electron chi connectivity index (χ4n) is 3.12. The lowest BCUT2D eigenvalue weighted by molar-refractivity contribution is -0.146. The first-order valence-corrected chi connectivity index (χ1v) is 10.2. The molecule has 2 aliphatic heterocycles. The van der Waals surface area contributed by atoms with Crippen LogP contribution in [-0.4, -0.2) is 57.6 Å². The summed E-state index contributed by atoms with van der Waals surface area (Å²) in [6.07, 6.45) is 3.82. The zero-order chi connectivity index (χ0) is 21.0. The molecule has 2 fully saturated rings. The molecule has 2 saturated heterocycles. The van der Waals surface area contributed by atoms with Crippen molar-refractivity contribution < 1.29 is 24.3 Å². The van der Waals surface area contributed by atoms with E-state index in [9.17, 15) is 19.2 Å². The summed E-state index contributed by atoms with van der Waals surface area (Å²) in [5.41, 5.74) is 0.855. The molecule has 29 heavy (non-hydrogen) atoms. The minimum absolute atomic E-state index is 0.157. The van der Waals surface area contributed by atoms with Gasteiger partial charge in [0, 0.05) is 18.1 Å². The molecule has 0 atom stereocenters. The summed E-state index contributed by atoms with van der Waals surface area (Å²) < 4.78 is 0. The van der Waals surface area contributed by atoms with Crippen LogP contribution in [0.15, 0.2) is 46.3 Å². The number of halogens is 1. The van der Waals surface area contributed by atoms with Gasteiger partial charge in [0.05, 0.1) is 10.8 Å². The third-order valence-electron chi connectivity index (χ3n) is 4.74. The number of aliphatic carboxylic acids is 1. The number of imide groups is 1. The maximum Gasteiger partial charge on any atom is 0.306 e.